The van der Waals surface area contributed by atoms with Gasteiger partial charge in [-0.05, 0) is 86.4 Å². The van der Waals surface area contributed by atoms with Crippen LogP contribution in [-0.4, -0.2) is 15.0 Å². The molecule has 0 spiro atoms. The van der Waals surface area contributed by atoms with Crippen molar-refractivity contribution in [1.29, 1.82) is 0 Å². The van der Waals surface area contributed by atoms with E-state index >= 15 is 4.39 Å². The molecule has 222 valence electrons. The number of halogens is 2. The second kappa shape index (κ2) is 10.9. The van der Waals surface area contributed by atoms with E-state index in [-0.39, 0.29) is 33.0 Å². The van der Waals surface area contributed by atoms with Crippen molar-refractivity contribution in [3.8, 4) is 34.2 Å². The molecule has 0 fully saturated rings. The molecule has 0 amide bonds. The minimum absolute atomic E-state index is 0.0869. The van der Waals surface area contributed by atoms with E-state index in [4.69, 9.17) is 26.6 Å². The Morgan fingerprint density at radius 3 is 1.14 bits per heavy atom. The Hall–Kier alpha value is -3.11. The van der Waals surface area contributed by atoms with E-state index in [2.05, 4.69) is 119 Å². The van der Waals surface area contributed by atoms with Crippen LogP contribution in [0.3, 0.4) is 0 Å². The van der Waals surface area contributed by atoms with Crippen LogP contribution in [0.1, 0.15) is 105 Å². The zero-order valence-electron chi connectivity index (χ0n) is 27.3. The zero-order chi connectivity index (χ0) is 31.4. The Labute approximate surface area is 257 Å². The molecule has 0 unspecified atom stereocenters. The van der Waals surface area contributed by atoms with Crippen LogP contribution in [0, 0.1) is 5.82 Å². The lowest BCUT2D eigenvalue weighted by Gasteiger charge is -2.26. The summed E-state index contributed by atoms with van der Waals surface area (Å²) in [5.74, 6) is 0.834. The summed E-state index contributed by atoms with van der Waals surface area (Å²) >= 11 is 6.33. The van der Waals surface area contributed by atoms with Crippen molar-refractivity contribution >= 4 is 11.6 Å². The predicted molar refractivity (Wildman–Crippen MR) is 176 cm³/mol. The van der Waals surface area contributed by atoms with Crippen molar-refractivity contribution in [3.63, 3.8) is 0 Å². The molecule has 0 bridgehead atoms. The molecule has 0 radical (unpaired) electrons. The van der Waals surface area contributed by atoms with Crippen LogP contribution in [0.4, 0.5) is 4.39 Å². The molecular formula is C37H45ClFN3. The molecule has 3 aromatic carbocycles. The first-order valence-electron chi connectivity index (χ1n) is 14.7. The molecule has 0 aliphatic rings. The first kappa shape index (κ1) is 31.8. The molecule has 42 heavy (non-hydrogen) atoms. The standard InChI is InChI=1S/C37H45ClFN3/c1-34(2,3)24-15-22(16-25(19-24)35(4,5)6)31-40-32(42-33(41-31)29-21-28(38)13-14-30(29)39)23-17-26(36(7,8)9)20-27(18-23)37(10,11)12/h13-21H,1-12H3. The number of nitrogens with zero attached hydrogens (tertiary/aromatic N) is 3. The topological polar surface area (TPSA) is 38.7 Å². The highest BCUT2D eigenvalue weighted by Crippen LogP contribution is 2.37. The van der Waals surface area contributed by atoms with Crippen molar-refractivity contribution in [3.05, 3.63) is 87.7 Å². The van der Waals surface area contributed by atoms with E-state index in [0.29, 0.717) is 16.7 Å². The SMILES string of the molecule is CC(C)(C)c1cc(-c2nc(-c3cc(C(C)(C)C)cc(C(C)(C)C)c3)nc(-c3cc(Cl)ccc3F)n2)cc(C(C)(C)C)c1. The number of hydrogen-bond donors (Lipinski definition) is 0. The highest BCUT2D eigenvalue weighted by molar-refractivity contribution is 6.30. The van der Waals surface area contributed by atoms with E-state index in [1.807, 2.05) is 0 Å². The van der Waals surface area contributed by atoms with Crippen LogP contribution in [0.5, 0.6) is 0 Å². The molecule has 3 nitrogen and oxygen atoms in total. The van der Waals surface area contributed by atoms with Crippen molar-refractivity contribution < 1.29 is 4.39 Å². The molecule has 0 N–H and O–H groups in total. The van der Waals surface area contributed by atoms with Crippen LogP contribution < -0.4 is 0 Å². The van der Waals surface area contributed by atoms with Gasteiger partial charge in [0, 0.05) is 16.1 Å². The van der Waals surface area contributed by atoms with Crippen LogP contribution in [0.15, 0.2) is 54.6 Å². The van der Waals surface area contributed by atoms with Gasteiger partial charge in [0.25, 0.3) is 0 Å². The Kier molecular flexibility index (Phi) is 8.23. The second-order valence-electron chi connectivity index (χ2n) is 15.5. The molecule has 0 aliphatic heterocycles. The van der Waals surface area contributed by atoms with E-state index in [1.54, 1.807) is 6.07 Å². The average Bonchev–Trinajstić information content (AvgIpc) is 2.87. The van der Waals surface area contributed by atoms with Gasteiger partial charge in [0.15, 0.2) is 17.5 Å². The summed E-state index contributed by atoms with van der Waals surface area (Å²) in [4.78, 5) is 14.8. The molecule has 0 atom stereocenters. The lowest BCUT2D eigenvalue weighted by Crippen LogP contribution is -2.17. The molecule has 0 saturated heterocycles. The lowest BCUT2D eigenvalue weighted by molar-refractivity contribution is 0.568. The highest BCUT2D eigenvalue weighted by atomic mass is 35.5. The van der Waals surface area contributed by atoms with Gasteiger partial charge in [-0.1, -0.05) is 107 Å². The molecule has 0 saturated carbocycles. The van der Waals surface area contributed by atoms with E-state index < -0.39 is 5.82 Å². The molecule has 4 rings (SSSR count). The fourth-order valence-electron chi connectivity index (χ4n) is 4.67. The Morgan fingerprint density at radius 2 is 0.810 bits per heavy atom. The molecule has 4 aromatic rings. The second-order valence-corrected chi connectivity index (χ2v) is 16.0. The van der Waals surface area contributed by atoms with Gasteiger partial charge in [-0.3, -0.25) is 0 Å². The maximum atomic E-state index is 15.2. The fraction of sp³-hybridized carbons (Fsp3) is 0.432. The van der Waals surface area contributed by atoms with Gasteiger partial charge < -0.3 is 0 Å². The number of rotatable bonds is 3. The Bertz CT molecular complexity index is 1470. The van der Waals surface area contributed by atoms with Crippen molar-refractivity contribution in [2.75, 3.05) is 0 Å². The maximum absolute atomic E-state index is 15.2. The highest BCUT2D eigenvalue weighted by Gasteiger charge is 2.25. The van der Waals surface area contributed by atoms with Crippen LogP contribution >= 0.6 is 11.6 Å². The first-order valence-corrected chi connectivity index (χ1v) is 15.0. The van der Waals surface area contributed by atoms with Crippen LogP contribution in [0.25, 0.3) is 34.2 Å². The molecule has 0 aliphatic carbocycles. The lowest BCUT2D eigenvalue weighted by atomic mass is 9.79. The van der Waals surface area contributed by atoms with E-state index in [1.165, 1.54) is 34.4 Å². The van der Waals surface area contributed by atoms with Gasteiger partial charge >= 0.3 is 0 Å². The summed E-state index contributed by atoms with van der Waals surface area (Å²) < 4.78 is 15.2. The average molecular weight is 586 g/mol. The summed E-state index contributed by atoms with van der Waals surface area (Å²) in [6, 6.07) is 17.6. The smallest absolute Gasteiger partial charge is 0.167 e. The maximum Gasteiger partial charge on any atom is 0.167 e. The molecule has 5 heteroatoms. The zero-order valence-corrected chi connectivity index (χ0v) is 28.0. The van der Waals surface area contributed by atoms with Gasteiger partial charge in [0.2, 0.25) is 0 Å². The first-order chi connectivity index (χ1) is 19.1. The van der Waals surface area contributed by atoms with Gasteiger partial charge in [-0.25, -0.2) is 19.3 Å². The summed E-state index contributed by atoms with van der Waals surface area (Å²) in [6.45, 7) is 26.5. The van der Waals surface area contributed by atoms with E-state index in [9.17, 15) is 0 Å². The predicted octanol–water partition coefficient (Wildman–Crippen LogP) is 10.9. The molecule has 1 heterocycles. The van der Waals surface area contributed by atoms with Crippen molar-refractivity contribution in [2.45, 2.75) is 105 Å². The van der Waals surface area contributed by atoms with Crippen molar-refractivity contribution in [1.82, 2.24) is 15.0 Å². The van der Waals surface area contributed by atoms with Gasteiger partial charge in [0.1, 0.15) is 5.82 Å². The monoisotopic (exact) mass is 585 g/mol. The van der Waals surface area contributed by atoms with Gasteiger partial charge in [-0.15, -0.1) is 0 Å². The number of hydrogen-bond acceptors (Lipinski definition) is 3. The fourth-order valence-corrected chi connectivity index (χ4v) is 4.84. The molecular weight excluding hydrogens is 541 g/mol. The minimum Gasteiger partial charge on any atom is -0.208 e. The molecule has 1 aromatic heterocycles. The van der Waals surface area contributed by atoms with Crippen LogP contribution in [0.2, 0.25) is 5.02 Å². The number of aromatic nitrogens is 3. The van der Waals surface area contributed by atoms with Gasteiger partial charge in [-0.2, -0.15) is 0 Å². The summed E-state index contributed by atoms with van der Waals surface area (Å²) in [5, 5.41) is 0.421. The Balaban J connectivity index is 2.09. The number of benzene rings is 3. The van der Waals surface area contributed by atoms with E-state index in [0.717, 1.165) is 11.1 Å². The third kappa shape index (κ3) is 7.09. The van der Waals surface area contributed by atoms with Crippen molar-refractivity contribution in [2.24, 2.45) is 0 Å². The normalized spacial score (nSPS) is 13.0. The quantitative estimate of drug-likeness (QED) is 0.240. The Morgan fingerprint density at radius 1 is 0.476 bits per heavy atom. The summed E-state index contributed by atoms with van der Waals surface area (Å²) in [5.41, 5.74) is 6.40. The third-order valence-corrected chi connectivity index (χ3v) is 7.89. The summed E-state index contributed by atoms with van der Waals surface area (Å²) in [6.07, 6.45) is 0. The minimum atomic E-state index is -0.430. The third-order valence-electron chi connectivity index (χ3n) is 7.65. The van der Waals surface area contributed by atoms with Crippen LogP contribution in [-0.2, 0) is 21.7 Å². The largest absolute Gasteiger partial charge is 0.208 e. The van der Waals surface area contributed by atoms with Gasteiger partial charge in [0.05, 0.1) is 5.56 Å². The summed E-state index contributed by atoms with van der Waals surface area (Å²) in [7, 11) is 0.